The minimum absolute atomic E-state index is 0.0615. The molecule has 2 aromatic rings. The van der Waals surface area contributed by atoms with Crippen LogP contribution in [-0.2, 0) is 9.59 Å². The Labute approximate surface area is 149 Å². The molecule has 0 aliphatic rings. The Bertz CT molecular complexity index is 838. The van der Waals surface area contributed by atoms with Crippen LogP contribution < -0.4 is 27.0 Å². The van der Waals surface area contributed by atoms with Crippen molar-refractivity contribution >= 4 is 40.9 Å². The number of anilines is 4. The van der Waals surface area contributed by atoms with Gasteiger partial charge in [0, 0.05) is 31.5 Å². The number of nitrogens with one attached hydrogen (secondary N) is 4. The molecule has 0 saturated carbocycles. The maximum absolute atomic E-state index is 11.5. The molecule has 6 N–H and O–H groups in total. The maximum Gasteiger partial charge on any atom is 0.254 e. The molecule has 1 heterocycles. The van der Waals surface area contributed by atoms with Crippen molar-refractivity contribution in [3.63, 3.8) is 0 Å². The number of primary amides is 1. The topological polar surface area (TPSA) is 151 Å². The van der Waals surface area contributed by atoms with Crippen LogP contribution in [0.25, 0.3) is 0 Å². The van der Waals surface area contributed by atoms with Crippen molar-refractivity contribution < 1.29 is 14.4 Å². The van der Waals surface area contributed by atoms with Crippen molar-refractivity contribution in [1.29, 1.82) is 0 Å². The first kappa shape index (κ1) is 18.6. The summed E-state index contributed by atoms with van der Waals surface area (Å²) in [5.74, 6) is -0.865. The Morgan fingerprint density at radius 1 is 1.19 bits per heavy atom. The van der Waals surface area contributed by atoms with E-state index in [0.717, 1.165) is 0 Å². The quantitative estimate of drug-likeness (QED) is 0.482. The summed E-state index contributed by atoms with van der Waals surface area (Å²) in [5, 5.41) is 10.8. The molecule has 1 aromatic carbocycles. The Balaban J connectivity index is 2.23. The lowest BCUT2D eigenvalue weighted by molar-refractivity contribution is -0.119. The number of likely N-dealkylation sites (N-methyl/N-ethyl adjacent to an activating group) is 1. The molecule has 1 aromatic heterocycles. The molecule has 26 heavy (non-hydrogen) atoms. The highest BCUT2D eigenvalue weighted by molar-refractivity contribution is 5.98. The number of nitrogens with two attached hydrogens (primary N) is 1. The standard InChI is InChI=1S/C16H19N7O3/c1-9(24)21-10-4-3-5-11(6-10)22-16-20-7-12(14(17)26)15(23-16)19-8-13(25)18-2/h3-7H,8H2,1-2H3,(H2,17,26)(H,18,25)(H,21,24)(H2,19,20,22,23). The van der Waals surface area contributed by atoms with E-state index in [1.54, 1.807) is 24.3 Å². The summed E-state index contributed by atoms with van der Waals surface area (Å²) in [7, 11) is 1.49. The van der Waals surface area contributed by atoms with Crippen LogP contribution in [0.5, 0.6) is 0 Å². The Morgan fingerprint density at radius 3 is 2.58 bits per heavy atom. The zero-order chi connectivity index (χ0) is 19.1. The second-order valence-electron chi connectivity index (χ2n) is 5.23. The van der Waals surface area contributed by atoms with Crippen molar-refractivity contribution in [2.45, 2.75) is 6.92 Å². The average molecular weight is 357 g/mol. The van der Waals surface area contributed by atoms with Crippen LogP contribution >= 0.6 is 0 Å². The molecule has 0 unspecified atom stereocenters. The predicted octanol–water partition coefficient (Wildman–Crippen LogP) is 0.435. The molecule has 0 bridgehead atoms. The van der Waals surface area contributed by atoms with Gasteiger partial charge in [0.15, 0.2) is 0 Å². The van der Waals surface area contributed by atoms with Gasteiger partial charge in [-0.05, 0) is 18.2 Å². The third-order valence-corrected chi connectivity index (χ3v) is 3.19. The highest BCUT2D eigenvalue weighted by Crippen LogP contribution is 2.20. The van der Waals surface area contributed by atoms with Crippen molar-refractivity contribution in [3.05, 3.63) is 36.0 Å². The average Bonchev–Trinajstić information content (AvgIpc) is 2.59. The molecule has 0 fully saturated rings. The monoisotopic (exact) mass is 357 g/mol. The number of hydrogen-bond donors (Lipinski definition) is 5. The van der Waals surface area contributed by atoms with E-state index in [4.69, 9.17) is 5.73 Å². The van der Waals surface area contributed by atoms with Gasteiger partial charge in [0.2, 0.25) is 17.8 Å². The van der Waals surface area contributed by atoms with Gasteiger partial charge < -0.3 is 27.0 Å². The zero-order valence-corrected chi connectivity index (χ0v) is 14.3. The third-order valence-electron chi connectivity index (χ3n) is 3.19. The molecule has 10 heteroatoms. The fraction of sp³-hybridized carbons (Fsp3) is 0.188. The number of carbonyl (C=O) groups is 3. The van der Waals surface area contributed by atoms with Crippen molar-refractivity contribution in [3.8, 4) is 0 Å². The molecule has 10 nitrogen and oxygen atoms in total. The van der Waals surface area contributed by atoms with Crippen molar-refractivity contribution in [2.24, 2.45) is 5.73 Å². The molecule has 0 spiro atoms. The fourth-order valence-electron chi connectivity index (χ4n) is 2.02. The Kier molecular flexibility index (Phi) is 6.04. The van der Waals surface area contributed by atoms with Crippen LogP contribution in [0.15, 0.2) is 30.5 Å². The second kappa shape index (κ2) is 8.42. The van der Waals surface area contributed by atoms with Crippen molar-refractivity contribution in [2.75, 3.05) is 29.5 Å². The lowest BCUT2D eigenvalue weighted by Crippen LogP contribution is -2.27. The van der Waals surface area contributed by atoms with Gasteiger partial charge in [0.25, 0.3) is 5.91 Å². The van der Waals surface area contributed by atoms with E-state index >= 15 is 0 Å². The first-order valence-corrected chi connectivity index (χ1v) is 7.65. The minimum atomic E-state index is -0.719. The Hall–Kier alpha value is -3.69. The first-order chi connectivity index (χ1) is 12.4. The Morgan fingerprint density at radius 2 is 1.92 bits per heavy atom. The normalized spacial score (nSPS) is 9.92. The van der Waals surface area contributed by atoms with Gasteiger partial charge in [-0.15, -0.1) is 0 Å². The summed E-state index contributed by atoms with van der Waals surface area (Å²) < 4.78 is 0. The lowest BCUT2D eigenvalue weighted by Gasteiger charge is -2.11. The van der Waals surface area contributed by atoms with E-state index < -0.39 is 5.91 Å². The van der Waals surface area contributed by atoms with E-state index in [1.165, 1.54) is 20.2 Å². The van der Waals surface area contributed by atoms with E-state index in [9.17, 15) is 14.4 Å². The van der Waals surface area contributed by atoms with E-state index in [2.05, 4.69) is 31.2 Å². The second-order valence-corrected chi connectivity index (χ2v) is 5.23. The van der Waals surface area contributed by atoms with Gasteiger partial charge >= 0.3 is 0 Å². The molecule has 0 radical (unpaired) electrons. The van der Waals surface area contributed by atoms with Crippen molar-refractivity contribution in [1.82, 2.24) is 15.3 Å². The largest absolute Gasteiger partial charge is 0.365 e. The summed E-state index contributed by atoms with van der Waals surface area (Å²) in [6, 6.07) is 6.94. The summed E-state index contributed by atoms with van der Waals surface area (Å²) in [5.41, 5.74) is 6.59. The van der Waals surface area contributed by atoms with Gasteiger partial charge in [-0.3, -0.25) is 14.4 Å². The van der Waals surface area contributed by atoms with Crippen LogP contribution in [0.1, 0.15) is 17.3 Å². The highest BCUT2D eigenvalue weighted by atomic mass is 16.2. The molecule has 0 saturated heterocycles. The zero-order valence-electron chi connectivity index (χ0n) is 14.3. The summed E-state index contributed by atoms with van der Waals surface area (Å²) in [6.45, 7) is 1.33. The molecule has 0 atom stereocenters. The lowest BCUT2D eigenvalue weighted by atomic mass is 10.2. The highest BCUT2D eigenvalue weighted by Gasteiger charge is 2.13. The number of aromatic nitrogens is 2. The van der Waals surface area contributed by atoms with E-state index in [0.29, 0.717) is 11.4 Å². The summed E-state index contributed by atoms with van der Waals surface area (Å²) >= 11 is 0. The van der Waals surface area contributed by atoms with Gasteiger partial charge in [0.05, 0.1) is 12.1 Å². The summed E-state index contributed by atoms with van der Waals surface area (Å²) in [6.07, 6.45) is 1.27. The maximum atomic E-state index is 11.5. The van der Waals surface area contributed by atoms with Crippen LogP contribution in [0.2, 0.25) is 0 Å². The molecule has 136 valence electrons. The fourth-order valence-corrected chi connectivity index (χ4v) is 2.02. The molecule has 0 aliphatic heterocycles. The first-order valence-electron chi connectivity index (χ1n) is 7.65. The van der Waals surface area contributed by atoms with Gasteiger partial charge in [-0.2, -0.15) is 4.98 Å². The smallest absolute Gasteiger partial charge is 0.254 e. The molecular formula is C16H19N7O3. The van der Waals surface area contributed by atoms with Crippen LogP contribution in [0.4, 0.5) is 23.1 Å². The molecule has 2 rings (SSSR count). The van der Waals surface area contributed by atoms with E-state index in [-0.39, 0.29) is 35.7 Å². The van der Waals surface area contributed by atoms with Gasteiger partial charge in [-0.25, -0.2) is 4.98 Å². The van der Waals surface area contributed by atoms with E-state index in [1.807, 2.05) is 0 Å². The third kappa shape index (κ3) is 5.16. The number of amides is 3. The van der Waals surface area contributed by atoms with Gasteiger partial charge in [0.1, 0.15) is 5.82 Å². The van der Waals surface area contributed by atoms with Crippen LogP contribution in [0.3, 0.4) is 0 Å². The number of carbonyl (C=O) groups excluding carboxylic acids is 3. The van der Waals surface area contributed by atoms with Crippen LogP contribution in [0, 0.1) is 0 Å². The molecule has 0 aliphatic carbocycles. The molecular weight excluding hydrogens is 338 g/mol. The number of nitrogens with zero attached hydrogens (tertiary/aromatic N) is 2. The predicted molar refractivity (Wildman–Crippen MR) is 97.1 cm³/mol. The number of hydrogen-bond acceptors (Lipinski definition) is 7. The van der Waals surface area contributed by atoms with Crippen LogP contribution in [-0.4, -0.2) is 41.3 Å². The minimum Gasteiger partial charge on any atom is -0.365 e. The number of rotatable bonds is 7. The van der Waals surface area contributed by atoms with Gasteiger partial charge in [-0.1, -0.05) is 6.07 Å². The number of benzene rings is 1. The molecule has 3 amide bonds. The summed E-state index contributed by atoms with van der Waals surface area (Å²) in [4.78, 5) is 42.2. The SMILES string of the molecule is CNC(=O)CNc1nc(Nc2cccc(NC(C)=O)c2)ncc1C(N)=O.